The number of allylic oxidation sites excluding steroid dienone is 2. The van der Waals surface area contributed by atoms with Crippen LogP contribution in [0.1, 0.15) is 61.6 Å². The van der Waals surface area contributed by atoms with Crippen molar-refractivity contribution in [3.8, 4) is 11.1 Å². The van der Waals surface area contributed by atoms with E-state index in [1.165, 1.54) is 52.1 Å². The first kappa shape index (κ1) is 22.2. The molecule has 1 aliphatic heterocycles. The molecule has 0 fully saturated rings. The van der Waals surface area contributed by atoms with Crippen LogP contribution >= 0.6 is 0 Å². The van der Waals surface area contributed by atoms with Crippen LogP contribution in [0.25, 0.3) is 17.2 Å². The number of fused-ring (bicyclic) bond motifs is 4. The van der Waals surface area contributed by atoms with E-state index in [-0.39, 0.29) is 17.2 Å². The number of ether oxygens (including phenoxy) is 1. The van der Waals surface area contributed by atoms with E-state index >= 15 is 0 Å². The molecule has 1 unspecified atom stereocenters. The van der Waals surface area contributed by atoms with Crippen LogP contribution in [0.15, 0.2) is 78.6 Å². The van der Waals surface area contributed by atoms with E-state index in [1.54, 1.807) is 0 Å². The first-order chi connectivity index (χ1) is 16.3. The minimum Gasteiger partial charge on any atom is -0.493 e. The molecule has 1 atom stereocenters. The van der Waals surface area contributed by atoms with E-state index in [0.717, 1.165) is 5.56 Å². The van der Waals surface area contributed by atoms with Crippen molar-refractivity contribution in [3.05, 3.63) is 106 Å². The van der Waals surface area contributed by atoms with Crippen LogP contribution in [0, 0.1) is 0 Å². The maximum atomic E-state index is 11.4. The lowest BCUT2D eigenvalue weighted by atomic mass is 9.81. The van der Waals surface area contributed by atoms with Crippen molar-refractivity contribution < 1.29 is 9.53 Å². The topological polar surface area (TPSA) is 29.5 Å². The summed E-state index contributed by atoms with van der Waals surface area (Å²) in [5, 5.41) is 0. The highest BCUT2D eigenvalue weighted by Gasteiger charge is 2.37. The first-order valence-electron chi connectivity index (χ1n) is 11.9. The van der Waals surface area contributed by atoms with Gasteiger partial charge in [-0.15, -0.1) is 0 Å². The molecule has 0 saturated heterocycles. The largest absolute Gasteiger partial charge is 0.493 e. The molecular formula is C31H31NO2. The summed E-state index contributed by atoms with van der Waals surface area (Å²) in [5.41, 5.74) is 10.3. The van der Waals surface area contributed by atoms with Crippen LogP contribution in [0.4, 0.5) is 5.69 Å². The molecule has 3 nitrogen and oxygen atoms in total. The van der Waals surface area contributed by atoms with Gasteiger partial charge in [0, 0.05) is 24.2 Å². The lowest BCUT2D eigenvalue weighted by Gasteiger charge is -2.35. The number of hydrogen-bond acceptors (Lipinski definition) is 3. The molecule has 5 rings (SSSR count). The molecule has 1 heterocycles. The second kappa shape index (κ2) is 8.32. The van der Waals surface area contributed by atoms with E-state index in [4.69, 9.17) is 4.74 Å². The Bertz CT molecular complexity index is 1350. The summed E-state index contributed by atoms with van der Waals surface area (Å²) in [6.07, 6.45) is 6.07. The first-order valence-corrected chi connectivity index (χ1v) is 11.9. The Hall–Kier alpha value is -3.59. The van der Waals surface area contributed by atoms with E-state index in [0.29, 0.717) is 12.4 Å². The summed E-state index contributed by atoms with van der Waals surface area (Å²) in [5.74, 6) is 0.632. The summed E-state index contributed by atoms with van der Waals surface area (Å²) < 4.78 is 5.90. The fraction of sp³-hybridized carbons (Fsp3) is 0.258. The fourth-order valence-electron chi connectivity index (χ4n) is 5.45. The minimum atomic E-state index is -0.0230. The highest BCUT2D eigenvalue weighted by molar-refractivity contribution is 5.88. The maximum absolute atomic E-state index is 11.4. The highest BCUT2D eigenvalue weighted by atomic mass is 16.5. The number of hydrogen-bond donors (Lipinski definition) is 0. The summed E-state index contributed by atoms with van der Waals surface area (Å²) in [6, 6.07) is 22.0. The number of nitrogens with zero attached hydrogens (tertiary/aromatic N) is 1. The number of ketones is 1. The molecule has 0 amide bonds. The van der Waals surface area contributed by atoms with Gasteiger partial charge in [-0.25, -0.2) is 0 Å². The van der Waals surface area contributed by atoms with Gasteiger partial charge in [-0.3, -0.25) is 4.79 Å². The number of benzene rings is 3. The average molecular weight is 450 g/mol. The monoisotopic (exact) mass is 449 g/mol. The molecule has 0 aromatic heterocycles. The van der Waals surface area contributed by atoms with Crippen molar-refractivity contribution >= 4 is 17.5 Å². The Kier molecular flexibility index (Phi) is 5.44. The van der Waals surface area contributed by atoms with Crippen LogP contribution in [0.5, 0.6) is 0 Å². The second-order valence-electron chi connectivity index (χ2n) is 9.90. The zero-order chi connectivity index (χ0) is 24.0. The normalized spacial score (nSPS) is 17.7. The van der Waals surface area contributed by atoms with Crippen LogP contribution in [0.3, 0.4) is 0 Å². The Morgan fingerprint density at radius 3 is 2.53 bits per heavy atom. The zero-order valence-electron chi connectivity index (χ0n) is 20.6. The van der Waals surface area contributed by atoms with Gasteiger partial charge in [0.25, 0.3) is 0 Å². The van der Waals surface area contributed by atoms with Gasteiger partial charge in [0.2, 0.25) is 0 Å². The molecule has 0 saturated carbocycles. The van der Waals surface area contributed by atoms with Crippen molar-refractivity contribution in [3.63, 3.8) is 0 Å². The molecule has 1 aliphatic carbocycles. The van der Waals surface area contributed by atoms with Gasteiger partial charge in [0.15, 0.2) is 5.78 Å². The number of likely N-dealkylation sites (N-methyl/N-ethyl adjacent to an activating group) is 1. The third kappa shape index (κ3) is 3.66. The molecule has 3 aromatic rings. The van der Waals surface area contributed by atoms with Crippen LogP contribution < -0.4 is 4.90 Å². The molecule has 34 heavy (non-hydrogen) atoms. The number of carbonyl (C=O) groups is 1. The Morgan fingerprint density at radius 2 is 1.74 bits per heavy atom. The van der Waals surface area contributed by atoms with Crippen molar-refractivity contribution in [1.29, 1.82) is 0 Å². The van der Waals surface area contributed by atoms with Crippen LogP contribution in [-0.4, -0.2) is 12.8 Å². The highest BCUT2D eigenvalue weighted by Crippen LogP contribution is 2.51. The molecule has 0 spiro atoms. The predicted octanol–water partition coefficient (Wildman–Crippen LogP) is 7.21. The lowest BCUT2D eigenvalue weighted by Crippen LogP contribution is -2.27. The smallest absolute Gasteiger partial charge is 0.155 e. The molecule has 3 aromatic carbocycles. The van der Waals surface area contributed by atoms with Crippen molar-refractivity contribution in [1.82, 2.24) is 0 Å². The summed E-state index contributed by atoms with van der Waals surface area (Å²) in [7, 11) is 2.17. The van der Waals surface area contributed by atoms with Crippen LogP contribution in [-0.2, 0) is 21.6 Å². The molecular weight excluding hydrogens is 418 g/mol. The maximum Gasteiger partial charge on any atom is 0.155 e. The van der Waals surface area contributed by atoms with Gasteiger partial charge < -0.3 is 9.64 Å². The van der Waals surface area contributed by atoms with E-state index < -0.39 is 0 Å². The lowest BCUT2D eigenvalue weighted by molar-refractivity contribution is -0.112. The molecule has 3 heteroatoms. The van der Waals surface area contributed by atoms with Gasteiger partial charge in [-0.05, 0) is 64.9 Å². The van der Waals surface area contributed by atoms with Crippen molar-refractivity contribution in [2.75, 3.05) is 11.9 Å². The molecule has 0 radical (unpaired) electrons. The third-order valence-electron chi connectivity index (χ3n) is 7.22. The number of anilines is 1. The van der Waals surface area contributed by atoms with Gasteiger partial charge >= 0.3 is 0 Å². The molecule has 172 valence electrons. The Labute approximate surface area is 202 Å². The summed E-state index contributed by atoms with van der Waals surface area (Å²) in [6.45, 7) is 8.45. The average Bonchev–Trinajstić information content (AvgIpc) is 3.04. The molecule has 2 aliphatic rings. The summed E-state index contributed by atoms with van der Waals surface area (Å²) in [4.78, 5) is 13.7. The SMILES string of the molecule is CC(=O)/C=C(/C)OCc1ccccc1C1C=Cc2cc3c(cc2N1C)C(C)(C)c1ccccc1-3. The standard InChI is InChI=1S/C31H31NO2/c1-20(33)16-21(2)34-19-23-10-6-7-11-24(23)29-15-14-22-17-26-25-12-8-9-13-27(25)31(3,4)28(26)18-30(22)32(29)5/h6-18,29H,19H2,1-5H3/b21-16-. The Morgan fingerprint density at radius 1 is 1.00 bits per heavy atom. The van der Waals surface area contributed by atoms with Gasteiger partial charge in [-0.1, -0.05) is 74.5 Å². The quantitative estimate of drug-likeness (QED) is 0.304. The van der Waals surface area contributed by atoms with Crippen molar-refractivity contribution in [2.24, 2.45) is 0 Å². The van der Waals surface area contributed by atoms with Gasteiger partial charge in [-0.2, -0.15) is 0 Å². The van der Waals surface area contributed by atoms with Gasteiger partial charge in [0.05, 0.1) is 11.8 Å². The summed E-state index contributed by atoms with van der Waals surface area (Å²) >= 11 is 0. The third-order valence-corrected chi connectivity index (χ3v) is 7.22. The van der Waals surface area contributed by atoms with E-state index in [9.17, 15) is 4.79 Å². The van der Waals surface area contributed by atoms with Crippen LogP contribution in [0.2, 0.25) is 0 Å². The van der Waals surface area contributed by atoms with Crippen molar-refractivity contribution in [2.45, 2.75) is 45.8 Å². The molecule has 0 bridgehead atoms. The fourth-order valence-corrected chi connectivity index (χ4v) is 5.45. The number of rotatable bonds is 5. The van der Waals surface area contributed by atoms with E-state index in [1.807, 2.05) is 13.0 Å². The number of carbonyl (C=O) groups excluding carboxylic acids is 1. The molecule has 0 N–H and O–H groups in total. The minimum absolute atomic E-state index is 0.00468. The Balaban J connectivity index is 1.50. The van der Waals surface area contributed by atoms with Gasteiger partial charge in [0.1, 0.15) is 6.61 Å². The zero-order valence-corrected chi connectivity index (χ0v) is 20.6. The second-order valence-corrected chi connectivity index (χ2v) is 9.90. The predicted molar refractivity (Wildman–Crippen MR) is 140 cm³/mol. The van der Waals surface area contributed by atoms with E-state index in [2.05, 4.69) is 92.5 Å².